The van der Waals surface area contributed by atoms with E-state index in [4.69, 9.17) is 14.2 Å². The summed E-state index contributed by atoms with van der Waals surface area (Å²) in [5, 5.41) is 4.66. The van der Waals surface area contributed by atoms with Crippen molar-refractivity contribution in [1.82, 2.24) is 9.78 Å². The number of para-hydroxylation sites is 2. The number of methoxy groups -OCH3 is 2. The number of hydrogen-bond acceptors (Lipinski definition) is 5. The molecule has 6 nitrogen and oxygen atoms in total. The Balaban J connectivity index is 1.65. The van der Waals surface area contributed by atoms with Crippen LogP contribution in [0.2, 0.25) is 0 Å². The van der Waals surface area contributed by atoms with Crippen molar-refractivity contribution >= 4 is 5.97 Å². The zero-order valence-electron chi connectivity index (χ0n) is 17.3. The van der Waals surface area contributed by atoms with Crippen LogP contribution in [0.15, 0.2) is 84.9 Å². The Morgan fingerprint density at radius 1 is 0.871 bits per heavy atom. The average Bonchev–Trinajstić information content (AvgIpc) is 3.29. The number of hydrogen-bond donors (Lipinski definition) is 0. The van der Waals surface area contributed by atoms with Gasteiger partial charge in [-0.2, -0.15) is 5.10 Å². The van der Waals surface area contributed by atoms with Crippen LogP contribution in [0, 0.1) is 0 Å². The van der Waals surface area contributed by atoms with Gasteiger partial charge >= 0.3 is 5.97 Å². The molecule has 3 aromatic carbocycles. The minimum atomic E-state index is -0.483. The summed E-state index contributed by atoms with van der Waals surface area (Å²) in [5.41, 5.74) is 3.43. The Hall–Kier alpha value is -4.06. The number of ether oxygens (including phenoxy) is 3. The number of carbonyl (C=O) groups is 1. The van der Waals surface area contributed by atoms with Gasteiger partial charge in [0.05, 0.1) is 25.6 Å². The number of carbonyl (C=O) groups excluding carboxylic acids is 1. The Morgan fingerprint density at radius 2 is 1.58 bits per heavy atom. The molecule has 0 spiro atoms. The first-order chi connectivity index (χ1) is 15.2. The lowest BCUT2D eigenvalue weighted by Crippen LogP contribution is -2.12. The van der Waals surface area contributed by atoms with E-state index >= 15 is 0 Å². The van der Waals surface area contributed by atoms with Gasteiger partial charge in [0.1, 0.15) is 6.61 Å². The molecule has 0 fully saturated rings. The van der Waals surface area contributed by atoms with Crippen LogP contribution >= 0.6 is 0 Å². The molecule has 0 N–H and O–H groups in total. The van der Waals surface area contributed by atoms with Gasteiger partial charge in [-0.3, -0.25) is 0 Å². The molecule has 31 heavy (non-hydrogen) atoms. The van der Waals surface area contributed by atoms with Crippen LogP contribution in [-0.4, -0.2) is 30.0 Å². The average molecular weight is 414 g/mol. The Kier molecular flexibility index (Phi) is 5.98. The van der Waals surface area contributed by atoms with Gasteiger partial charge in [0, 0.05) is 11.1 Å². The Bertz CT molecular complexity index is 1170. The van der Waals surface area contributed by atoms with Gasteiger partial charge in [0.2, 0.25) is 0 Å². The number of rotatable bonds is 7. The lowest BCUT2D eigenvalue weighted by atomic mass is 10.1. The molecule has 0 unspecified atom stereocenters. The number of nitrogens with zero attached hydrogens (tertiary/aromatic N) is 2. The summed E-state index contributed by atoms with van der Waals surface area (Å²) in [6, 6.07) is 26.4. The van der Waals surface area contributed by atoms with E-state index in [9.17, 15) is 4.79 Å². The molecule has 0 aliphatic carbocycles. The third kappa shape index (κ3) is 4.28. The molecule has 6 heteroatoms. The Morgan fingerprint density at radius 3 is 2.26 bits per heavy atom. The second-order valence-corrected chi connectivity index (χ2v) is 6.76. The maximum Gasteiger partial charge on any atom is 0.357 e. The molecule has 0 radical (unpaired) electrons. The highest BCUT2D eigenvalue weighted by atomic mass is 16.5. The van der Waals surface area contributed by atoms with Crippen molar-refractivity contribution in [3.05, 3.63) is 96.2 Å². The third-order valence-corrected chi connectivity index (χ3v) is 4.83. The van der Waals surface area contributed by atoms with E-state index < -0.39 is 5.97 Å². The standard InChI is InChI=1S/C25H22N2O4/c1-29-23-15-9-12-19(24(23)30-2)17-31-25(28)22-16-21(18-10-5-3-6-11-18)26-27(22)20-13-7-4-8-14-20/h3-16H,17H2,1-2H3. The van der Waals surface area contributed by atoms with Crippen molar-refractivity contribution < 1.29 is 19.0 Å². The SMILES string of the molecule is COc1cccc(COC(=O)c2cc(-c3ccccc3)nn2-c2ccccc2)c1OC. The van der Waals surface area contributed by atoms with E-state index in [-0.39, 0.29) is 6.61 Å². The smallest absolute Gasteiger partial charge is 0.357 e. The van der Waals surface area contributed by atoms with Crippen molar-refractivity contribution in [3.8, 4) is 28.4 Å². The molecule has 0 atom stereocenters. The maximum absolute atomic E-state index is 13.1. The highest BCUT2D eigenvalue weighted by Crippen LogP contribution is 2.31. The number of esters is 1. The first kappa shape index (κ1) is 20.2. The molecule has 156 valence electrons. The van der Waals surface area contributed by atoms with Crippen LogP contribution in [0.5, 0.6) is 11.5 Å². The summed E-state index contributed by atoms with van der Waals surface area (Å²) in [4.78, 5) is 13.1. The highest BCUT2D eigenvalue weighted by molar-refractivity contribution is 5.90. The number of benzene rings is 3. The predicted octanol–water partition coefficient (Wildman–Crippen LogP) is 4.91. The summed E-state index contributed by atoms with van der Waals surface area (Å²) in [6.07, 6.45) is 0. The van der Waals surface area contributed by atoms with Gasteiger partial charge in [-0.25, -0.2) is 9.48 Å². The summed E-state index contributed by atoms with van der Waals surface area (Å²) in [5.74, 6) is 0.638. The first-order valence-corrected chi connectivity index (χ1v) is 9.79. The first-order valence-electron chi connectivity index (χ1n) is 9.79. The maximum atomic E-state index is 13.1. The van der Waals surface area contributed by atoms with Crippen LogP contribution < -0.4 is 9.47 Å². The molecule has 4 aromatic rings. The summed E-state index contributed by atoms with van der Waals surface area (Å²) in [6.45, 7) is 0.0415. The van der Waals surface area contributed by atoms with Crippen molar-refractivity contribution in [2.45, 2.75) is 6.61 Å². The van der Waals surface area contributed by atoms with E-state index in [0.717, 1.165) is 11.3 Å². The highest BCUT2D eigenvalue weighted by Gasteiger charge is 2.20. The fourth-order valence-electron chi connectivity index (χ4n) is 3.33. The quantitative estimate of drug-likeness (QED) is 0.402. The van der Waals surface area contributed by atoms with Crippen molar-refractivity contribution in [3.63, 3.8) is 0 Å². The van der Waals surface area contributed by atoms with E-state index in [2.05, 4.69) is 5.10 Å². The molecular formula is C25H22N2O4. The van der Waals surface area contributed by atoms with Crippen LogP contribution in [0.4, 0.5) is 0 Å². The van der Waals surface area contributed by atoms with Gasteiger partial charge in [0.25, 0.3) is 0 Å². The van der Waals surface area contributed by atoms with Crippen LogP contribution in [-0.2, 0) is 11.3 Å². The predicted molar refractivity (Wildman–Crippen MR) is 118 cm³/mol. The molecule has 0 aliphatic heterocycles. The fourth-order valence-corrected chi connectivity index (χ4v) is 3.33. The van der Waals surface area contributed by atoms with Crippen LogP contribution in [0.3, 0.4) is 0 Å². The molecule has 0 bridgehead atoms. The topological polar surface area (TPSA) is 62.6 Å². The molecule has 0 amide bonds. The third-order valence-electron chi connectivity index (χ3n) is 4.83. The molecule has 1 aromatic heterocycles. The second kappa shape index (κ2) is 9.17. The fraction of sp³-hybridized carbons (Fsp3) is 0.120. The zero-order chi connectivity index (χ0) is 21.6. The zero-order valence-corrected chi connectivity index (χ0v) is 17.3. The van der Waals surface area contributed by atoms with Gasteiger partial charge in [-0.1, -0.05) is 60.7 Å². The van der Waals surface area contributed by atoms with E-state index in [1.165, 1.54) is 0 Å². The normalized spacial score (nSPS) is 10.5. The molecular weight excluding hydrogens is 392 g/mol. The minimum absolute atomic E-state index is 0.0415. The lowest BCUT2D eigenvalue weighted by molar-refractivity contribution is 0.0459. The monoisotopic (exact) mass is 414 g/mol. The number of aromatic nitrogens is 2. The van der Waals surface area contributed by atoms with Crippen molar-refractivity contribution in [2.75, 3.05) is 14.2 Å². The van der Waals surface area contributed by atoms with Crippen LogP contribution in [0.1, 0.15) is 16.1 Å². The summed E-state index contributed by atoms with van der Waals surface area (Å²) < 4.78 is 18.0. The van der Waals surface area contributed by atoms with E-state index in [0.29, 0.717) is 28.5 Å². The summed E-state index contributed by atoms with van der Waals surface area (Å²) in [7, 11) is 3.12. The van der Waals surface area contributed by atoms with Gasteiger partial charge in [0.15, 0.2) is 17.2 Å². The van der Waals surface area contributed by atoms with Crippen LogP contribution in [0.25, 0.3) is 16.9 Å². The van der Waals surface area contributed by atoms with E-state index in [1.807, 2.05) is 72.8 Å². The van der Waals surface area contributed by atoms with Gasteiger partial charge in [-0.05, 0) is 24.3 Å². The van der Waals surface area contributed by atoms with Crippen molar-refractivity contribution in [2.24, 2.45) is 0 Å². The minimum Gasteiger partial charge on any atom is -0.493 e. The van der Waals surface area contributed by atoms with Gasteiger partial charge in [-0.15, -0.1) is 0 Å². The molecule has 0 saturated carbocycles. The Labute approximate surface area is 180 Å². The second-order valence-electron chi connectivity index (χ2n) is 6.76. The molecule has 0 saturated heterocycles. The summed E-state index contributed by atoms with van der Waals surface area (Å²) >= 11 is 0. The molecule has 0 aliphatic rings. The van der Waals surface area contributed by atoms with Gasteiger partial charge < -0.3 is 14.2 Å². The van der Waals surface area contributed by atoms with E-state index in [1.54, 1.807) is 31.0 Å². The lowest BCUT2D eigenvalue weighted by Gasteiger charge is -2.13. The molecule has 4 rings (SSSR count). The largest absolute Gasteiger partial charge is 0.493 e. The molecule has 1 heterocycles. The van der Waals surface area contributed by atoms with Crippen molar-refractivity contribution in [1.29, 1.82) is 0 Å².